The van der Waals surface area contributed by atoms with Crippen molar-refractivity contribution in [1.82, 2.24) is 9.88 Å². The molecule has 23 heavy (non-hydrogen) atoms. The molecule has 1 aromatic rings. The number of hydrogen-bond acceptors (Lipinski definition) is 5. The molecule has 2 amide bonds. The van der Waals surface area contributed by atoms with Gasteiger partial charge in [0.25, 0.3) is 9.70 Å². The van der Waals surface area contributed by atoms with E-state index in [-0.39, 0.29) is 12.3 Å². The summed E-state index contributed by atoms with van der Waals surface area (Å²) in [4.78, 5) is 48.5. The average molecular weight is 382 g/mol. The zero-order valence-corrected chi connectivity index (χ0v) is 14.0. The Bertz CT molecular complexity index is 694. The zero-order valence-electron chi connectivity index (χ0n) is 11.8. The largest absolute Gasteiger partial charge is 0.464 e. The first-order chi connectivity index (χ1) is 10.6. The Morgan fingerprint density at radius 2 is 2.04 bits per heavy atom. The van der Waals surface area contributed by atoms with Crippen molar-refractivity contribution in [3.63, 3.8) is 0 Å². The molecular weight excluding hydrogens is 371 g/mol. The van der Waals surface area contributed by atoms with Crippen LogP contribution < -0.4 is 5.32 Å². The summed E-state index contributed by atoms with van der Waals surface area (Å²) in [6, 6.07) is 2.67. The summed E-state index contributed by atoms with van der Waals surface area (Å²) in [5.41, 5.74) is -2.25. The van der Waals surface area contributed by atoms with E-state index in [0.29, 0.717) is 0 Å². The van der Waals surface area contributed by atoms with E-state index in [1.54, 1.807) is 6.92 Å². The lowest BCUT2D eigenvalue weighted by molar-refractivity contribution is -0.157. The van der Waals surface area contributed by atoms with Gasteiger partial charge in [-0.2, -0.15) is 0 Å². The number of halogens is 3. The standard InChI is InChI=1S/C13H11Cl3N2O5/c1-2-23-11(22)12(6-8(19)17-10(12)21)18-5-3-4-7(18)9(20)13(14,15)16/h3-5H,2,6H2,1H3,(H,17,19,21)/t12-/m0/s1. The van der Waals surface area contributed by atoms with Crippen LogP contribution in [-0.2, 0) is 24.7 Å². The lowest BCUT2D eigenvalue weighted by Gasteiger charge is -2.27. The highest BCUT2D eigenvalue weighted by Gasteiger charge is 2.57. The van der Waals surface area contributed by atoms with Crippen LogP contribution in [0.5, 0.6) is 0 Å². The minimum atomic E-state index is -2.29. The zero-order chi connectivity index (χ0) is 17.4. The Hall–Kier alpha value is -1.57. The van der Waals surface area contributed by atoms with Crippen molar-refractivity contribution in [1.29, 1.82) is 0 Å². The third kappa shape index (κ3) is 2.96. The summed E-state index contributed by atoms with van der Waals surface area (Å²) < 4.78 is 3.63. The number of nitrogens with one attached hydrogen (secondary N) is 1. The molecule has 0 spiro atoms. The van der Waals surface area contributed by atoms with E-state index >= 15 is 0 Å². The third-order valence-corrected chi connectivity index (χ3v) is 3.82. The molecule has 0 aromatic carbocycles. The number of nitrogens with zero attached hydrogens (tertiary/aromatic N) is 1. The first-order valence-electron chi connectivity index (χ1n) is 6.45. The number of rotatable bonds is 4. The molecule has 2 rings (SSSR count). The van der Waals surface area contributed by atoms with Gasteiger partial charge in [-0.1, -0.05) is 34.8 Å². The van der Waals surface area contributed by atoms with Crippen molar-refractivity contribution in [3.05, 3.63) is 24.0 Å². The van der Waals surface area contributed by atoms with Crippen LogP contribution in [0.4, 0.5) is 0 Å². The number of aromatic nitrogens is 1. The molecule has 0 bridgehead atoms. The molecule has 1 aliphatic heterocycles. The monoisotopic (exact) mass is 380 g/mol. The molecule has 0 unspecified atom stereocenters. The quantitative estimate of drug-likeness (QED) is 0.279. The summed E-state index contributed by atoms with van der Waals surface area (Å²) in [6.45, 7) is 1.53. The highest BCUT2D eigenvalue weighted by molar-refractivity contribution is 6.77. The molecule has 10 heteroatoms. The molecule has 0 radical (unpaired) electrons. The van der Waals surface area contributed by atoms with Crippen LogP contribution in [0, 0.1) is 0 Å². The lowest BCUT2D eigenvalue weighted by Crippen LogP contribution is -2.50. The SMILES string of the molecule is CCOC(=O)[C@]1(n2cccc2C(=O)C(Cl)(Cl)Cl)CC(=O)NC1=O. The first-order valence-corrected chi connectivity index (χ1v) is 7.59. The highest BCUT2D eigenvalue weighted by atomic mass is 35.6. The van der Waals surface area contributed by atoms with E-state index in [9.17, 15) is 19.2 Å². The number of imide groups is 1. The van der Waals surface area contributed by atoms with E-state index in [0.717, 1.165) is 4.57 Å². The number of alkyl halides is 3. The van der Waals surface area contributed by atoms with Crippen molar-refractivity contribution in [2.45, 2.75) is 22.7 Å². The molecule has 1 fully saturated rings. The van der Waals surface area contributed by atoms with Crippen molar-refractivity contribution in [2.24, 2.45) is 0 Å². The second-order valence-corrected chi connectivity index (χ2v) is 7.01. The number of carbonyl (C=O) groups is 4. The van der Waals surface area contributed by atoms with Crippen molar-refractivity contribution >= 4 is 58.4 Å². The maximum Gasteiger partial charge on any atom is 0.342 e. The van der Waals surface area contributed by atoms with Gasteiger partial charge in [0.15, 0.2) is 0 Å². The van der Waals surface area contributed by atoms with Crippen LogP contribution in [0.3, 0.4) is 0 Å². The second kappa shape index (κ2) is 6.14. The van der Waals surface area contributed by atoms with E-state index in [1.807, 2.05) is 5.32 Å². The van der Waals surface area contributed by atoms with Crippen LogP contribution in [0.15, 0.2) is 18.3 Å². The predicted molar refractivity (Wildman–Crippen MR) is 81.4 cm³/mol. The van der Waals surface area contributed by atoms with Gasteiger partial charge in [-0.15, -0.1) is 0 Å². The fourth-order valence-corrected chi connectivity index (χ4v) is 2.63. The molecule has 7 nitrogen and oxygen atoms in total. The summed E-state index contributed by atoms with van der Waals surface area (Å²) >= 11 is 16.8. The Balaban J connectivity index is 2.62. The maximum absolute atomic E-state index is 12.4. The van der Waals surface area contributed by atoms with Gasteiger partial charge in [-0.25, -0.2) is 4.79 Å². The van der Waals surface area contributed by atoms with Crippen molar-refractivity contribution < 1.29 is 23.9 Å². The number of Topliss-reactive ketones (excluding diaryl/α,β-unsaturated/α-hetero) is 1. The fraction of sp³-hybridized carbons (Fsp3) is 0.385. The van der Waals surface area contributed by atoms with Gasteiger partial charge in [0.05, 0.1) is 18.7 Å². The summed E-state index contributed by atoms with van der Waals surface area (Å²) in [6.07, 6.45) is 0.762. The second-order valence-electron chi connectivity index (χ2n) is 4.73. The Labute approximate surface area is 145 Å². The van der Waals surface area contributed by atoms with Gasteiger partial charge in [0.1, 0.15) is 0 Å². The van der Waals surface area contributed by atoms with E-state index in [4.69, 9.17) is 39.5 Å². The van der Waals surface area contributed by atoms with E-state index < -0.39 is 39.3 Å². The van der Waals surface area contributed by atoms with Gasteiger partial charge in [-0.3, -0.25) is 19.7 Å². The third-order valence-electron chi connectivity index (χ3n) is 3.31. The number of ether oxygens (including phenoxy) is 1. The molecular formula is C13H11Cl3N2O5. The summed E-state index contributed by atoms with van der Waals surface area (Å²) in [7, 11) is 0. The molecule has 2 heterocycles. The van der Waals surface area contributed by atoms with Crippen LogP contribution >= 0.6 is 34.8 Å². The summed E-state index contributed by atoms with van der Waals surface area (Å²) in [5.74, 6) is -3.50. The van der Waals surface area contributed by atoms with Gasteiger partial charge in [0.2, 0.25) is 17.2 Å². The topological polar surface area (TPSA) is 94.5 Å². The van der Waals surface area contributed by atoms with Gasteiger partial charge in [0, 0.05) is 6.20 Å². The normalized spacial score (nSPS) is 21.2. The van der Waals surface area contributed by atoms with Gasteiger partial charge >= 0.3 is 5.97 Å². The molecule has 1 saturated heterocycles. The summed E-state index contributed by atoms with van der Waals surface area (Å²) in [5, 5.41) is 2.03. The fourth-order valence-electron chi connectivity index (χ4n) is 2.34. The molecule has 1 atom stereocenters. The van der Waals surface area contributed by atoms with Crippen LogP contribution in [-0.4, -0.2) is 38.5 Å². The first kappa shape index (κ1) is 17.8. The average Bonchev–Trinajstić information content (AvgIpc) is 3.02. The maximum atomic E-state index is 12.4. The van der Waals surface area contributed by atoms with Crippen LogP contribution in [0.25, 0.3) is 0 Å². The van der Waals surface area contributed by atoms with Crippen LogP contribution in [0.2, 0.25) is 0 Å². The van der Waals surface area contributed by atoms with Crippen molar-refractivity contribution in [2.75, 3.05) is 6.61 Å². The predicted octanol–water partition coefficient (Wildman–Crippen LogP) is 1.35. The highest BCUT2D eigenvalue weighted by Crippen LogP contribution is 2.35. The minimum Gasteiger partial charge on any atom is -0.464 e. The minimum absolute atomic E-state index is 0.0168. The smallest absolute Gasteiger partial charge is 0.342 e. The Morgan fingerprint density at radius 1 is 1.39 bits per heavy atom. The van der Waals surface area contributed by atoms with E-state index in [2.05, 4.69) is 0 Å². The molecule has 0 saturated carbocycles. The molecule has 1 N–H and O–H groups in total. The number of hydrogen-bond donors (Lipinski definition) is 1. The Kier molecular flexibility index (Phi) is 4.75. The molecule has 1 aliphatic rings. The molecule has 0 aliphatic carbocycles. The van der Waals surface area contributed by atoms with Gasteiger partial charge < -0.3 is 9.30 Å². The number of esters is 1. The van der Waals surface area contributed by atoms with Crippen molar-refractivity contribution in [3.8, 4) is 0 Å². The van der Waals surface area contributed by atoms with Crippen LogP contribution in [0.1, 0.15) is 23.8 Å². The molecule has 124 valence electrons. The number of amides is 2. The van der Waals surface area contributed by atoms with Gasteiger partial charge in [-0.05, 0) is 19.1 Å². The number of ketones is 1. The lowest BCUT2D eigenvalue weighted by atomic mass is 9.96. The van der Waals surface area contributed by atoms with E-state index in [1.165, 1.54) is 18.3 Å². The molecule has 1 aromatic heterocycles. The Morgan fingerprint density at radius 3 is 2.52 bits per heavy atom. The number of carbonyl (C=O) groups excluding carboxylic acids is 4.